The zero-order valence-corrected chi connectivity index (χ0v) is 21.8. The highest BCUT2D eigenvalue weighted by Gasteiger charge is 2.23. The summed E-state index contributed by atoms with van der Waals surface area (Å²) in [6, 6.07) is 14.8. The van der Waals surface area contributed by atoms with Crippen molar-refractivity contribution in [3.05, 3.63) is 71.8 Å². The molecule has 0 spiro atoms. The molecule has 0 bridgehead atoms. The van der Waals surface area contributed by atoms with E-state index in [1.807, 2.05) is 50.2 Å². The third-order valence-electron chi connectivity index (χ3n) is 5.42. The molecule has 198 valence electrons. The molecule has 0 amide bonds. The molecule has 2 aromatic carbocycles. The highest BCUT2D eigenvalue weighted by molar-refractivity contribution is 5.96. The quantitative estimate of drug-likeness (QED) is 0.255. The SMILES string of the molecule is C=C(CC(=O)OC(C)C(=O)CCOc1ccc(C)cc1)C(=O)OC(C)C(=O)CCOc1ccc(C)cc1. The number of aryl methyl sites for hydroxylation is 2. The first-order valence-corrected chi connectivity index (χ1v) is 12.1. The molecule has 0 aliphatic heterocycles. The number of carbonyl (C=O) groups excluding carboxylic acids is 4. The summed E-state index contributed by atoms with van der Waals surface area (Å²) in [7, 11) is 0. The first-order valence-electron chi connectivity index (χ1n) is 12.1. The zero-order chi connectivity index (χ0) is 27.4. The van der Waals surface area contributed by atoms with Gasteiger partial charge in [-0.15, -0.1) is 0 Å². The number of hydrogen-bond donors (Lipinski definition) is 0. The van der Waals surface area contributed by atoms with Crippen LogP contribution >= 0.6 is 0 Å². The van der Waals surface area contributed by atoms with Gasteiger partial charge in [0, 0.05) is 18.4 Å². The predicted octanol–water partition coefficient (Wildman–Crippen LogP) is 4.49. The molecule has 2 atom stereocenters. The Morgan fingerprint density at radius 3 is 1.54 bits per heavy atom. The largest absolute Gasteiger partial charge is 0.493 e. The summed E-state index contributed by atoms with van der Waals surface area (Å²) in [6.45, 7) is 10.6. The van der Waals surface area contributed by atoms with Crippen molar-refractivity contribution < 1.29 is 38.1 Å². The molecule has 0 aromatic heterocycles. The highest BCUT2D eigenvalue weighted by atomic mass is 16.6. The van der Waals surface area contributed by atoms with E-state index in [-0.39, 0.29) is 43.2 Å². The third kappa shape index (κ3) is 10.7. The Labute approximate surface area is 217 Å². The Bertz CT molecular complexity index is 1090. The van der Waals surface area contributed by atoms with E-state index in [1.54, 1.807) is 12.1 Å². The van der Waals surface area contributed by atoms with Gasteiger partial charge in [-0.1, -0.05) is 42.0 Å². The molecule has 8 nitrogen and oxygen atoms in total. The van der Waals surface area contributed by atoms with Crippen LogP contribution in [0.2, 0.25) is 0 Å². The van der Waals surface area contributed by atoms with Crippen LogP contribution in [0.25, 0.3) is 0 Å². The van der Waals surface area contributed by atoms with E-state index in [4.69, 9.17) is 18.9 Å². The first kappa shape index (κ1) is 29.3. The van der Waals surface area contributed by atoms with Gasteiger partial charge in [-0.3, -0.25) is 14.4 Å². The minimum atomic E-state index is -1.03. The molecule has 2 unspecified atom stereocenters. The van der Waals surface area contributed by atoms with Crippen molar-refractivity contribution in [1.82, 2.24) is 0 Å². The molecule has 2 rings (SSSR count). The van der Waals surface area contributed by atoms with Gasteiger partial charge in [-0.25, -0.2) is 4.79 Å². The van der Waals surface area contributed by atoms with E-state index < -0.39 is 30.6 Å². The van der Waals surface area contributed by atoms with Gasteiger partial charge in [0.05, 0.1) is 19.6 Å². The first-order chi connectivity index (χ1) is 17.5. The van der Waals surface area contributed by atoms with Gasteiger partial charge < -0.3 is 18.9 Å². The van der Waals surface area contributed by atoms with Crippen LogP contribution in [0.4, 0.5) is 0 Å². The molecular weight excluding hydrogens is 476 g/mol. The van der Waals surface area contributed by atoms with Crippen molar-refractivity contribution in [2.75, 3.05) is 13.2 Å². The number of esters is 2. The van der Waals surface area contributed by atoms with Crippen LogP contribution in [0.3, 0.4) is 0 Å². The fourth-order valence-corrected chi connectivity index (χ4v) is 3.08. The van der Waals surface area contributed by atoms with E-state index in [2.05, 4.69) is 6.58 Å². The lowest BCUT2D eigenvalue weighted by molar-refractivity contribution is -0.155. The third-order valence-corrected chi connectivity index (χ3v) is 5.42. The Kier molecular flexibility index (Phi) is 11.5. The second-order valence-electron chi connectivity index (χ2n) is 8.72. The summed E-state index contributed by atoms with van der Waals surface area (Å²) in [4.78, 5) is 48.9. The fourth-order valence-electron chi connectivity index (χ4n) is 3.08. The second-order valence-corrected chi connectivity index (χ2v) is 8.72. The minimum absolute atomic E-state index is 0.0457. The van der Waals surface area contributed by atoms with E-state index in [9.17, 15) is 19.2 Å². The average Bonchev–Trinajstić information content (AvgIpc) is 2.86. The van der Waals surface area contributed by atoms with E-state index in [0.29, 0.717) is 11.5 Å². The molecule has 0 aliphatic carbocycles. The molecule has 37 heavy (non-hydrogen) atoms. The standard InChI is InChI=1S/C29H34O8/c1-19-6-10-24(11-7-19)34-16-14-26(30)22(4)36-28(32)18-21(3)29(33)37-23(5)27(31)15-17-35-25-12-8-20(2)9-13-25/h6-13,22-23H,3,14-18H2,1-2,4-5H3. The molecule has 0 heterocycles. The summed E-state index contributed by atoms with van der Waals surface area (Å²) in [5.41, 5.74) is 2.01. The number of carbonyl (C=O) groups is 4. The Hall–Kier alpha value is -3.94. The van der Waals surface area contributed by atoms with Gasteiger partial charge in [0.25, 0.3) is 0 Å². The molecule has 0 radical (unpaired) electrons. The lowest BCUT2D eigenvalue weighted by atomic mass is 10.1. The summed E-state index contributed by atoms with van der Waals surface area (Å²) < 4.78 is 21.3. The monoisotopic (exact) mass is 510 g/mol. The van der Waals surface area contributed by atoms with Crippen molar-refractivity contribution in [3.8, 4) is 11.5 Å². The summed E-state index contributed by atoms with van der Waals surface area (Å²) in [5, 5.41) is 0. The maximum absolute atomic E-state index is 12.3. The van der Waals surface area contributed by atoms with Gasteiger partial charge in [-0.05, 0) is 52.0 Å². The van der Waals surface area contributed by atoms with E-state index in [0.717, 1.165) is 11.1 Å². The van der Waals surface area contributed by atoms with Crippen LogP contribution in [-0.2, 0) is 28.7 Å². The molecule has 8 heteroatoms. The molecule has 0 aliphatic rings. The van der Waals surface area contributed by atoms with Gasteiger partial charge >= 0.3 is 11.9 Å². The Morgan fingerprint density at radius 1 is 0.703 bits per heavy atom. The number of hydrogen-bond acceptors (Lipinski definition) is 8. The van der Waals surface area contributed by atoms with Crippen molar-refractivity contribution in [3.63, 3.8) is 0 Å². The van der Waals surface area contributed by atoms with Crippen LogP contribution in [0.1, 0.15) is 44.2 Å². The lowest BCUT2D eigenvalue weighted by Gasteiger charge is -2.15. The van der Waals surface area contributed by atoms with E-state index in [1.165, 1.54) is 13.8 Å². The fraction of sp³-hybridized carbons (Fsp3) is 0.379. The molecule has 0 N–H and O–H groups in total. The van der Waals surface area contributed by atoms with Crippen molar-refractivity contribution in [1.29, 1.82) is 0 Å². The molecular formula is C29H34O8. The minimum Gasteiger partial charge on any atom is -0.493 e. The van der Waals surface area contributed by atoms with Crippen LogP contribution in [0.15, 0.2) is 60.7 Å². The maximum Gasteiger partial charge on any atom is 0.334 e. The number of Topliss-reactive ketones (excluding diaryl/α,β-unsaturated/α-hetero) is 2. The number of ether oxygens (including phenoxy) is 4. The Morgan fingerprint density at radius 2 is 1.11 bits per heavy atom. The zero-order valence-electron chi connectivity index (χ0n) is 21.8. The highest BCUT2D eigenvalue weighted by Crippen LogP contribution is 2.14. The molecule has 2 aromatic rings. The molecule has 0 saturated carbocycles. The van der Waals surface area contributed by atoms with Gasteiger partial charge in [0.2, 0.25) is 0 Å². The van der Waals surface area contributed by atoms with Crippen LogP contribution in [0, 0.1) is 13.8 Å². The van der Waals surface area contributed by atoms with Crippen LogP contribution in [0.5, 0.6) is 11.5 Å². The average molecular weight is 511 g/mol. The number of rotatable bonds is 15. The number of benzene rings is 2. The smallest absolute Gasteiger partial charge is 0.334 e. The van der Waals surface area contributed by atoms with E-state index >= 15 is 0 Å². The Balaban J connectivity index is 1.66. The predicted molar refractivity (Wildman–Crippen MR) is 137 cm³/mol. The second kappa shape index (κ2) is 14.6. The van der Waals surface area contributed by atoms with Crippen molar-refractivity contribution in [2.24, 2.45) is 0 Å². The molecule has 0 saturated heterocycles. The van der Waals surface area contributed by atoms with Crippen molar-refractivity contribution in [2.45, 2.75) is 59.2 Å². The van der Waals surface area contributed by atoms with Gasteiger partial charge in [-0.2, -0.15) is 0 Å². The topological polar surface area (TPSA) is 105 Å². The summed E-state index contributed by atoms with van der Waals surface area (Å²) in [5.74, 6) is -1.05. The van der Waals surface area contributed by atoms with Crippen LogP contribution < -0.4 is 9.47 Å². The van der Waals surface area contributed by atoms with Gasteiger partial charge in [0.1, 0.15) is 11.5 Å². The molecule has 0 fully saturated rings. The van der Waals surface area contributed by atoms with Gasteiger partial charge in [0.15, 0.2) is 23.8 Å². The lowest BCUT2D eigenvalue weighted by Crippen LogP contribution is -2.28. The maximum atomic E-state index is 12.3. The van der Waals surface area contributed by atoms with Crippen LogP contribution in [-0.4, -0.2) is 48.9 Å². The van der Waals surface area contributed by atoms with Crippen molar-refractivity contribution >= 4 is 23.5 Å². The normalized spacial score (nSPS) is 12.1. The number of ketones is 2. The summed E-state index contributed by atoms with van der Waals surface area (Å²) >= 11 is 0. The summed E-state index contributed by atoms with van der Waals surface area (Å²) in [6.07, 6.45) is -2.40.